The number of H-pyrrole nitrogens is 1. The van der Waals surface area contributed by atoms with Gasteiger partial charge in [0.2, 0.25) is 5.95 Å². The van der Waals surface area contributed by atoms with E-state index in [0.29, 0.717) is 25.1 Å². The van der Waals surface area contributed by atoms with Crippen LogP contribution in [0.1, 0.15) is 17.7 Å². The van der Waals surface area contributed by atoms with E-state index < -0.39 is 0 Å². The van der Waals surface area contributed by atoms with E-state index in [2.05, 4.69) is 26.8 Å². The van der Waals surface area contributed by atoms with E-state index in [0.717, 1.165) is 30.8 Å². The molecule has 7 nitrogen and oxygen atoms in total. The second-order valence-electron chi connectivity index (χ2n) is 7.52. The van der Waals surface area contributed by atoms with Gasteiger partial charge in [-0.15, -0.1) is 0 Å². The molecule has 1 aliphatic rings. The maximum atomic E-state index is 13.9. The molecule has 1 saturated heterocycles. The molecule has 1 aromatic carbocycles. The van der Waals surface area contributed by atoms with Gasteiger partial charge in [-0.05, 0) is 31.2 Å². The molecule has 0 spiro atoms. The van der Waals surface area contributed by atoms with E-state index in [4.69, 9.17) is 4.74 Å². The normalized spacial score (nSPS) is 17.3. The molecule has 0 bridgehead atoms. The molecular formula is C20H28FN5O2. The van der Waals surface area contributed by atoms with Crippen molar-refractivity contribution in [3.8, 4) is 5.75 Å². The van der Waals surface area contributed by atoms with Crippen molar-refractivity contribution in [3.63, 3.8) is 0 Å². The van der Waals surface area contributed by atoms with E-state index >= 15 is 0 Å². The molecule has 0 unspecified atom stereocenters. The number of nitrogens with zero attached hydrogens (tertiary/aromatic N) is 4. The molecule has 1 aliphatic heterocycles. The first-order chi connectivity index (χ1) is 13.4. The molecule has 0 aliphatic carbocycles. The summed E-state index contributed by atoms with van der Waals surface area (Å²) in [5.41, 5.74) is 1.55. The first kappa shape index (κ1) is 20.3. The quantitative estimate of drug-likeness (QED) is 0.778. The average molecular weight is 389 g/mol. The average Bonchev–Trinajstić information content (AvgIpc) is 3.10. The van der Waals surface area contributed by atoms with Crippen LogP contribution in [0.25, 0.3) is 0 Å². The van der Waals surface area contributed by atoms with Gasteiger partial charge in [-0.2, -0.15) is 0 Å². The fourth-order valence-electron chi connectivity index (χ4n) is 3.55. The minimum Gasteiger partial charge on any atom is -0.494 e. The van der Waals surface area contributed by atoms with E-state index in [1.54, 1.807) is 23.1 Å². The lowest BCUT2D eigenvalue weighted by atomic mass is 10.2. The molecule has 0 saturated carbocycles. The Morgan fingerprint density at radius 3 is 2.79 bits per heavy atom. The topological polar surface area (TPSA) is 64.7 Å². The fourth-order valence-corrected chi connectivity index (χ4v) is 3.55. The molecular weight excluding hydrogens is 361 g/mol. The summed E-state index contributed by atoms with van der Waals surface area (Å²) in [6.07, 6.45) is 1.03. The number of hydrogen-bond donors (Lipinski definition) is 1. The largest absolute Gasteiger partial charge is 0.494 e. The molecule has 152 valence electrons. The van der Waals surface area contributed by atoms with Crippen molar-refractivity contribution in [1.29, 1.82) is 0 Å². The van der Waals surface area contributed by atoms with Gasteiger partial charge in [0.15, 0.2) is 11.6 Å². The Labute approximate surface area is 164 Å². The monoisotopic (exact) mass is 389 g/mol. The van der Waals surface area contributed by atoms with Gasteiger partial charge in [0.05, 0.1) is 12.8 Å². The molecule has 1 N–H and O–H groups in total. The van der Waals surface area contributed by atoms with Gasteiger partial charge in [0.25, 0.3) is 5.56 Å². The highest BCUT2D eigenvalue weighted by Gasteiger charge is 2.26. The molecule has 28 heavy (non-hydrogen) atoms. The maximum absolute atomic E-state index is 13.9. The summed E-state index contributed by atoms with van der Waals surface area (Å²) in [6, 6.07) is 7.04. The van der Waals surface area contributed by atoms with Crippen LogP contribution in [-0.2, 0) is 13.1 Å². The van der Waals surface area contributed by atoms with Gasteiger partial charge in [0, 0.05) is 52.4 Å². The summed E-state index contributed by atoms with van der Waals surface area (Å²) in [4.78, 5) is 25.4. The van der Waals surface area contributed by atoms with Gasteiger partial charge in [-0.3, -0.25) is 19.6 Å². The molecule has 0 radical (unpaired) electrons. The zero-order valence-corrected chi connectivity index (χ0v) is 16.9. The van der Waals surface area contributed by atoms with Crippen molar-refractivity contribution in [1.82, 2.24) is 19.8 Å². The summed E-state index contributed by atoms with van der Waals surface area (Å²) in [6.45, 7) is 3.17. The third-order valence-electron chi connectivity index (χ3n) is 5.11. The lowest BCUT2D eigenvalue weighted by molar-refractivity contribution is 0.220. The SMILES string of the molecule is COc1ccc(CN2CC[C@H](N(C)Cc3cc(=O)[nH]c(N(C)C)n3)C2)cc1F. The van der Waals surface area contributed by atoms with Crippen LogP contribution in [0.2, 0.25) is 0 Å². The summed E-state index contributed by atoms with van der Waals surface area (Å²) < 4.78 is 18.9. The third-order valence-corrected chi connectivity index (χ3v) is 5.11. The number of anilines is 1. The number of hydrogen-bond acceptors (Lipinski definition) is 6. The zero-order valence-electron chi connectivity index (χ0n) is 16.9. The Balaban J connectivity index is 1.59. The standard InChI is InChI=1S/C20H28FN5O2/c1-24(2)20-22-15(10-19(27)23-20)12-25(3)16-7-8-26(13-16)11-14-5-6-18(28-4)17(21)9-14/h5-6,9-10,16H,7-8,11-13H2,1-4H3,(H,22,23,27)/t16-/m0/s1. The number of aromatic amines is 1. The van der Waals surface area contributed by atoms with Gasteiger partial charge in [-0.25, -0.2) is 9.37 Å². The molecule has 1 aromatic heterocycles. The van der Waals surface area contributed by atoms with E-state index in [1.165, 1.54) is 7.11 Å². The van der Waals surface area contributed by atoms with Gasteiger partial charge in [-0.1, -0.05) is 6.07 Å². The van der Waals surface area contributed by atoms with E-state index in [-0.39, 0.29) is 17.1 Å². The number of likely N-dealkylation sites (N-methyl/N-ethyl adjacent to an activating group) is 1. The Bertz CT molecular complexity index is 870. The lowest BCUT2D eigenvalue weighted by Gasteiger charge is -2.25. The van der Waals surface area contributed by atoms with Crippen LogP contribution < -0.4 is 15.2 Å². The van der Waals surface area contributed by atoms with Crippen LogP contribution in [-0.4, -0.2) is 67.2 Å². The number of aromatic nitrogens is 2. The van der Waals surface area contributed by atoms with Crippen molar-refractivity contribution in [3.05, 3.63) is 51.7 Å². The van der Waals surface area contributed by atoms with Crippen LogP contribution in [0, 0.1) is 5.82 Å². The highest BCUT2D eigenvalue weighted by molar-refractivity contribution is 5.29. The Hall–Kier alpha value is -2.45. The van der Waals surface area contributed by atoms with Gasteiger partial charge >= 0.3 is 0 Å². The predicted molar refractivity (Wildman–Crippen MR) is 107 cm³/mol. The molecule has 2 aromatic rings. The Morgan fingerprint density at radius 2 is 2.11 bits per heavy atom. The number of likely N-dealkylation sites (tertiary alicyclic amines) is 1. The molecule has 2 heterocycles. The van der Waals surface area contributed by atoms with Crippen LogP contribution in [0.4, 0.5) is 10.3 Å². The molecule has 8 heteroatoms. The molecule has 1 fully saturated rings. The van der Waals surface area contributed by atoms with E-state index in [9.17, 15) is 9.18 Å². The zero-order chi connectivity index (χ0) is 20.3. The summed E-state index contributed by atoms with van der Waals surface area (Å²) in [7, 11) is 7.22. The number of benzene rings is 1. The van der Waals surface area contributed by atoms with E-state index in [1.807, 2.05) is 20.2 Å². The molecule has 3 rings (SSSR count). The van der Waals surface area contributed by atoms with Crippen LogP contribution in [0.5, 0.6) is 5.75 Å². The minimum absolute atomic E-state index is 0.142. The third kappa shape index (κ3) is 4.88. The highest BCUT2D eigenvalue weighted by atomic mass is 19.1. The van der Waals surface area contributed by atoms with Crippen LogP contribution >= 0.6 is 0 Å². The van der Waals surface area contributed by atoms with Crippen LogP contribution in [0.3, 0.4) is 0 Å². The first-order valence-corrected chi connectivity index (χ1v) is 9.38. The second kappa shape index (κ2) is 8.70. The van der Waals surface area contributed by atoms with Crippen molar-refractivity contribution < 1.29 is 9.13 Å². The summed E-state index contributed by atoms with van der Waals surface area (Å²) in [5.74, 6) is 0.501. The molecule has 1 atom stereocenters. The number of halogens is 1. The number of nitrogens with one attached hydrogen (secondary N) is 1. The van der Waals surface area contributed by atoms with Crippen molar-refractivity contribution >= 4 is 5.95 Å². The maximum Gasteiger partial charge on any atom is 0.252 e. The van der Waals surface area contributed by atoms with Crippen molar-refractivity contribution in [2.24, 2.45) is 0 Å². The first-order valence-electron chi connectivity index (χ1n) is 9.38. The van der Waals surface area contributed by atoms with Crippen molar-refractivity contribution in [2.75, 3.05) is 46.2 Å². The number of methoxy groups -OCH3 is 1. The summed E-state index contributed by atoms with van der Waals surface area (Å²) >= 11 is 0. The number of ether oxygens (including phenoxy) is 1. The minimum atomic E-state index is -0.329. The predicted octanol–water partition coefficient (Wildman–Crippen LogP) is 1.69. The Kier molecular flexibility index (Phi) is 6.31. The van der Waals surface area contributed by atoms with Crippen molar-refractivity contribution in [2.45, 2.75) is 25.6 Å². The fraction of sp³-hybridized carbons (Fsp3) is 0.500. The number of rotatable bonds is 7. The van der Waals surface area contributed by atoms with Gasteiger partial charge < -0.3 is 9.64 Å². The lowest BCUT2D eigenvalue weighted by Crippen LogP contribution is -2.34. The molecule has 0 amide bonds. The van der Waals surface area contributed by atoms with Gasteiger partial charge in [0.1, 0.15) is 0 Å². The summed E-state index contributed by atoms with van der Waals surface area (Å²) in [5, 5.41) is 0. The highest BCUT2D eigenvalue weighted by Crippen LogP contribution is 2.22. The second-order valence-corrected chi connectivity index (χ2v) is 7.52. The Morgan fingerprint density at radius 1 is 1.32 bits per heavy atom. The van der Waals surface area contributed by atoms with Crippen LogP contribution in [0.15, 0.2) is 29.1 Å². The smallest absolute Gasteiger partial charge is 0.252 e.